The van der Waals surface area contributed by atoms with E-state index in [1.807, 2.05) is 0 Å². The van der Waals surface area contributed by atoms with Gasteiger partial charge in [0, 0.05) is 5.56 Å². The van der Waals surface area contributed by atoms with Crippen molar-refractivity contribution in [3.63, 3.8) is 0 Å². The molecule has 3 nitrogen and oxygen atoms in total. The van der Waals surface area contributed by atoms with Gasteiger partial charge in [-0.05, 0) is 22.0 Å². The van der Waals surface area contributed by atoms with Crippen molar-refractivity contribution in [3.05, 3.63) is 34.1 Å². The maximum atomic E-state index is 13.4. The molecule has 0 aliphatic heterocycles. The van der Waals surface area contributed by atoms with Gasteiger partial charge in [-0.15, -0.1) is 0 Å². The highest BCUT2D eigenvalue weighted by atomic mass is 79.9. The van der Waals surface area contributed by atoms with E-state index in [0.29, 0.717) is 0 Å². The molecule has 1 atom stereocenters. The minimum atomic E-state index is -1.31. The molecule has 0 saturated carbocycles. The lowest BCUT2D eigenvalue weighted by Gasteiger charge is -2.14. The average molecular weight is 280 g/mol. The Hall–Kier alpha value is -1.17. The molecule has 82 valence electrons. The highest BCUT2D eigenvalue weighted by molar-refractivity contribution is 9.10. The summed E-state index contributed by atoms with van der Waals surface area (Å²) in [5.74, 6) is -0.665. The predicted octanol–water partition coefficient (Wildman–Crippen LogP) is 2.69. The van der Waals surface area contributed by atoms with Gasteiger partial charge in [0.2, 0.25) is 0 Å². The van der Waals surface area contributed by atoms with Crippen molar-refractivity contribution < 1.29 is 18.3 Å². The number of amides is 1. The standard InChI is InChI=1S/C9H8BrF2NO2/c10-6-3-1-2-5(8(6)12)7(4-11)15-9(13)14/h1-3,7H,4H2,(H2,13,14). The summed E-state index contributed by atoms with van der Waals surface area (Å²) < 4.78 is 30.5. The second-order valence-corrected chi connectivity index (χ2v) is 3.58. The molecule has 0 heterocycles. The molecule has 1 amide bonds. The number of alkyl halides is 1. The average Bonchev–Trinajstić information content (AvgIpc) is 2.19. The fourth-order valence-electron chi connectivity index (χ4n) is 1.09. The summed E-state index contributed by atoms with van der Waals surface area (Å²) in [5.41, 5.74) is 4.68. The highest BCUT2D eigenvalue weighted by Crippen LogP contribution is 2.26. The monoisotopic (exact) mass is 279 g/mol. The van der Waals surface area contributed by atoms with Gasteiger partial charge in [0.15, 0.2) is 6.10 Å². The summed E-state index contributed by atoms with van der Waals surface area (Å²) in [5, 5.41) is 0. The molecule has 6 heteroatoms. The highest BCUT2D eigenvalue weighted by Gasteiger charge is 2.20. The molecule has 0 aliphatic rings. The molecule has 0 fully saturated rings. The largest absolute Gasteiger partial charge is 0.439 e. The van der Waals surface area contributed by atoms with E-state index in [1.54, 1.807) is 0 Å². The Bertz CT molecular complexity index is 373. The van der Waals surface area contributed by atoms with Crippen LogP contribution in [0.5, 0.6) is 0 Å². The second-order valence-electron chi connectivity index (χ2n) is 2.72. The first-order valence-corrected chi connectivity index (χ1v) is 4.81. The molecule has 0 spiro atoms. The minimum Gasteiger partial charge on any atom is -0.439 e. The maximum absolute atomic E-state index is 13.4. The van der Waals surface area contributed by atoms with Crippen molar-refractivity contribution in [2.45, 2.75) is 6.10 Å². The van der Waals surface area contributed by atoms with Crippen molar-refractivity contribution >= 4 is 22.0 Å². The number of carbonyl (C=O) groups excluding carboxylic acids is 1. The van der Waals surface area contributed by atoms with E-state index in [9.17, 15) is 13.6 Å². The van der Waals surface area contributed by atoms with Crippen LogP contribution in [0.4, 0.5) is 13.6 Å². The van der Waals surface area contributed by atoms with E-state index < -0.39 is 24.7 Å². The Labute approximate surface area is 93.3 Å². The molecule has 1 aromatic rings. The van der Waals surface area contributed by atoms with E-state index in [-0.39, 0.29) is 10.0 Å². The number of primary amides is 1. The van der Waals surface area contributed by atoms with Crippen molar-refractivity contribution in [2.75, 3.05) is 6.67 Å². The normalized spacial score (nSPS) is 12.2. The van der Waals surface area contributed by atoms with Crippen LogP contribution in [-0.4, -0.2) is 12.8 Å². The summed E-state index contributed by atoms with van der Waals surface area (Å²) >= 11 is 2.94. The van der Waals surface area contributed by atoms with Crippen molar-refractivity contribution in [1.82, 2.24) is 0 Å². The first-order valence-electron chi connectivity index (χ1n) is 4.02. The second kappa shape index (κ2) is 5.06. The third-order valence-corrected chi connectivity index (χ3v) is 2.34. The zero-order valence-electron chi connectivity index (χ0n) is 7.54. The van der Waals surface area contributed by atoms with Gasteiger partial charge in [0.05, 0.1) is 4.47 Å². The smallest absolute Gasteiger partial charge is 0.405 e. The van der Waals surface area contributed by atoms with Crippen LogP contribution in [0.2, 0.25) is 0 Å². The lowest BCUT2D eigenvalue weighted by atomic mass is 10.1. The van der Waals surface area contributed by atoms with Crippen LogP contribution >= 0.6 is 15.9 Å². The maximum Gasteiger partial charge on any atom is 0.405 e. The van der Waals surface area contributed by atoms with Gasteiger partial charge in [-0.25, -0.2) is 13.6 Å². The van der Waals surface area contributed by atoms with Gasteiger partial charge in [0.1, 0.15) is 12.5 Å². The SMILES string of the molecule is NC(=O)OC(CF)c1cccc(Br)c1F. The summed E-state index contributed by atoms with van der Waals surface area (Å²) in [6.45, 7) is -1.03. The fourth-order valence-corrected chi connectivity index (χ4v) is 1.47. The first kappa shape index (κ1) is 11.9. The Morgan fingerprint density at radius 1 is 1.60 bits per heavy atom. The van der Waals surface area contributed by atoms with Crippen LogP contribution in [0.1, 0.15) is 11.7 Å². The third-order valence-electron chi connectivity index (χ3n) is 1.73. The van der Waals surface area contributed by atoms with Gasteiger partial charge >= 0.3 is 6.09 Å². The van der Waals surface area contributed by atoms with Crippen LogP contribution in [0.3, 0.4) is 0 Å². The molecular formula is C9H8BrF2NO2. The number of carbonyl (C=O) groups is 1. The van der Waals surface area contributed by atoms with E-state index in [1.165, 1.54) is 18.2 Å². The molecule has 0 aromatic heterocycles. The first-order chi connectivity index (χ1) is 7.06. The number of ether oxygens (including phenoxy) is 1. The van der Waals surface area contributed by atoms with Crippen LogP contribution in [0.25, 0.3) is 0 Å². The quantitative estimate of drug-likeness (QED) is 0.925. The van der Waals surface area contributed by atoms with Gasteiger partial charge in [-0.1, -0.05) is 12.1 Å². The minimum absolute atomic E-state index is 0.0503. The number of hydrogen-bond donors (Lipinski definition) is 1. The predicted molar refractivity (Wildman–Crippen MR) is 53.5 cm³/mol. The van der Waals surface area contributed by atoms with Crippen molar-refractivity contribution in [3.8, 4) is 0 Å². The Kier molecular flexibility index (Phi) is 4.02. The van der Waals surface area contributed by atoms with E-state index >= 15 is 0 Å². The molecule has 1 unspecified atom stereocenters. The van der Waals surface area contributed by atoms with Gasteiger partial charge in [-0.2, -0.15) is 0 Å². The van der Waals surface area contributed by atoms with Crippen LogP contribution in [0.15, 0.2) is 22.7 Å². The summed E-state index contributed by atoms with van der Waals surface area (Å²) in [7, 11) is 0. The number of rotatable bonds is 3. The lowest BCUT2D eigenvalue weighted by molar-refractivity contribution is 0.0869. The molecule has 0 bridgehead atoms. The van der Waals surface area contributed by atoms with Crippen LogP contribution in [0, 0.1) is 5.82 Å². The van der Waals surface area contributed by atoms with E-state index in [2.05, 4.69) is 20.7 Å². The lowest BCUT2D eigenvalue weighted by Crippen LogP contribution is -2.19. The summed E-state index contributed by atoms with van der Waals surface area (Å²) in [6, 6.07) is 4.29. The number of benzene rings is 1. The number of halogens is 3. The van der Waals surface area contributed by atoms with E-state index in [0.717, 1.165) is 0 Å². The molecule has 1 aromatic carbocycles. The summed E-state index contributed by atoms with van der Waals surface area (Å²) in [4.78, 5) is 10.4. The number of nitrogens with two attached hydrogens (primary N) is 1. The van der Waals surface area contributed by atoms with Crippen LogP contribution < -0.4 is 5.73 Å². The molecule has 0 saturated heterocycles. The molecule has 2 N–H and O–H groups in total. The van der Waals surface area contributed by atoms with Gasteiger partial charge in [0.25, 0.3) is 0 Å². The molecule has 0 radical (unpaired) electrons. The molecule has 1 rings (SSSR count). The molecule has 15 heavy (non-hydrogen) atoms. The fraction of sp³-hybridized carbons (Fsp3) is 0.222. The third kappa shape index (κ3) is 2.89. The Morgan fingerprint density at radius 3 is 2.80 bits per heavy atom. The zero-order valence-corrected chi connectivity index (χ0v) is 9.13. The van der Waals surface area contributed by atoms with Gasteiger partial charge in [-0.3, -0.25) is 0 Å². The van der Waals surface area contributed by atoms with Crippen LogP contribution in [-0.2, 0) is 4.74 Å². The van der Waals surface area contributed by atoms with E-state index in [4.69, 9.17) is 5.73 Å². The topological polar surface area (TPSA) is 52.3 Å². The van der Waals surface area contributed by atoms with Gasteiger partial charge < -0.3 is 10.5 Å². The Morgan fingerprint density at radius 2 is 2.27 bits per heavy atom. The molecule has 0 aliphatic carbocycles. The number of hydrogen-bond acceptors (Lipinski definition) is 2. The van der Waals surface area contributed by atoms with Crippen molar-refractivity contribution in [1.29, 1.82) is 0 Å². The molecular weight excluding hydrogens is 272 g/mol. The summed E-state index contributed by atoms with van der Waals surface area (Å²) in [6.07, 6.45) is -2.45. The van der Waals surface area contributed by atoms with Crippen molar-refractivity contribution in [2.24, 2.45) is 5.73 Å². The zero-order chi connectivity index (χ0) is 11.4. The Balaban J connectivity index is 3.01.